The lowest BCUT2D eigenvalue weighted by atomic mass is 9.89. The molecule has 0 saturated heterocycles. The maximum absolute atomic E-state index is 12.9. The van der Waals surface area contributed by atoms with Gasteiger partial charge in [-0.25, -0.2) is 5.43 Å². The topological polar surface area (TPSA) is 41.5 Å². The van der Waals surface area contributed by atoms with Crippen molar-refractivity contribution in [1.82, 2.24) is 5.43 Å². The Labute approximate surface area is 143 Å². The van der Waals surface area contributed by atoms with Crippen LogP contribution in [0.2, 0.25) is 0 Å². The number of nitrogens with one attached hydrogen (secondary N) is 1. The quantitative estimate of drug-likeness (QED) is 0.828. The van der Waals surface area contributed by atoms with Gasteiger partial charge in [-0.05, 0) is 42.7 Å². The molecule has 0 radical (unpaired) electrons. The second-order valence-corrected chi connectivity index (χ2v) is 6.61. The Morgan fingerprint density at radius 3 is 2.17 bits per heavy atom. The Kier molecular flexibility index (Phi) is 5.42. The zero-order valence-corrected chi connectivity index (χ0v) is 14.1. The van der Waals surface area contributed by atoms with Crippen molar-refractivity contribution < 1.29 is 4.79 Å². The number of carbonyl (C=O) groups is 1. The van der Waals surface area contributed by atoms with Crippen LogP contribution < -0.4 is 5.43 Å². The van der Waals surface area contributed by atoms with E-state index in [1.807, 2.05) is 60.7 Å². The number of hydrogen-bond donors (Lipinski definition) is 1. The van der Waals surface area contributed by atoms with Crippen LogP contribution in [0.15, 0.2) is 65.8 Å². The third-order valence-corrected chi connectivity index (χ3v) is 4.60. The van der Waals surface area contributed by atoms with Gasteiger partial charge < -0.3 is 0 Å². The average Bonchev–Trinajstić information content (AvgIpc) is 2.62. The standard InChI is InChI=1S/C21H24N2O/c1-16-9-8-14-19(15-16)22-23-21(24)20(17-10-4-2-5-11-17)18-12-6-3-7-13-18/h2-7,10-13,16,20H,8-9,14-15H2,1H3,(H,23,24)/b22-19-. The molecular formula is C21H24N2O. The summed E-state index contributed by atoms with van der Waals surface area (Å²) in [6.45, 7) is 2.24. The normalized spacial score (nSPS) is 19.4. The van der Waals surface area contributed by atoms with Crippen LogP contribution in [0.4, 0.5) is 0 Å². The summed E-state index contributed by atoms with van der Waals surface area (Å²) in [6.07, 6.45) is 4.40. The van der Waals surface area contributed by atoms with E-state index in [0.717, 1.165) is 36.1 Å². The van der Waals surface area contributed by atoms with Crippen LogP contribution in [0.5, 0.6) is 0 Å². The summed E-state index contributed by atoms with van der Waals surface area (Å²) in [5, 5.41) is 4.42. The van der Waals surface area contributed by atoms with Crippen molar-refractivity contribution in [2.45, 2.75) is 38.5 Å². The second kappa shape index (κ2) is 7.91. The van der Waals surface area contributed by atoms with Gasteiger partial charge in [0, 0.05) is 5.71 Å². The molecule has 2 aromatic rings. The highest BCUT2D eigenvalue weighted by Gasteiger charge is 2.23. The number of rotatable bonds is 4. The lowest BCUT2D eigenvalue weighted by Crippen LogP contribution is -2.28. The molecule has 1 saturated carbocycles. The lowest BCUT2D eigenvalue weighted by Gasteiger charge is -2.20. The second-order valence-electron chi connectivity index (χ2n) is 6.61. The van der Waals surface area contributed by atoms with E-state index in [-0.39, 0.29) is 11.8 Å². The molecule has 124 valence electrons. The summed E-state index contributed by atoms with van der Waals surface area (Å²) in [7, 11) is 0. The van der Waals surface area contributed by atoms with Gasteiger partial charge in [-0.2, -0.15) is 5.10 Å². The molecule has 24 heavy (non-hydrogen) atoms. The number of hydrogen-bond acceptors (Lipinski definition) is 2. The molecule has 0 bridgehead atoms. The summed E-state index contributed by atoms with van der Waals surface area (Å²) >= 11 is 0. The summed E-state index contributed by atoms with van der Waals surface area (Å²) in [5.74, 6) is 0.254. The largest absolute Gasteiger partial charge is 0.272 e. The van der Waals surface area contributed by atoms with Gasteiger partial charge >= 0.3 is 0 Å². The monoisotopic (exact) mass is 320 g/mol. The molecule has 1 aliphatic carbocycles. The first-order chi connectivity index (χ1) is 11.7. The fourth-order valence-electron chi connectivity index (χ4n) is 3.35. The molecule has 1 fully saturated rings. The molecule has 1 unspecified atom stereocenters. The van der Waals surface area contributed by atoms with Crippen molar-refractivity contribution in [2.24, 2.45) is 11.0 Å². The van der Waals surface area contributed by atoms with Crippen LogP contribution in [0.25, 0.3) is 0 Å². The summed E-state index contributed by atoms with van der Waals surface area (Å²) in [6, 6.07) is 19.8. The van der Waals surface area contributed by atoms with Crippen molar-refractivity contribution in [3.05, 3.63) is 71.8 Å². The molecule has 3 heteroatoms. The first-order valence-electron chi connectivity index (χ1n) is 8.69. The molecule has 3 nitrogen and oxygen atoms in total. The lowest BCUT2D eigenvalue weighted by molar-refractivity contribution is -0.121. The van der Waals surface area contributed by atoms with Gasteiger partial charge in [0.25, 0.3) is 5.91 Å². The molecule has 0 aliphatic heterocycles. The van der Waals surface area contributed by atoms with Gasteiger partial charge in [0.2, 0.25) is 0 Å². The van der Waals surface area contributed by atoms with Crippen molar-refractivity contribution in [1.29, 1.82) is 0 Å². The summed E-state index contributed by atoms with van der Waals surface area (Å²) in [4.78, 5) is 12.9. The van der Waals surface area contributed by atoms with Crippen LogP contribution in [0.1, 0.15) is 49.7 Å². The minimum absolute atomic E-state index is 0.0712. The molecule has 1 amide bonds. The van der Waals surface area contributed by atoms with Crippen LogP contribution in [0, 0.1) is 5.92 Å². The van der Waals surface area contributed by atoms with Gasteiger partial charge in [-0.15, -0.1) is 0 Å². The van der Waals surface area contributed by atoms with Crippen LogP contribution in [-0.2, 0) is 4.79 Å². The maximum atomic E-state index is 12.9. The summed E-state index contributed by atoms with van der Waals surface area (Å²) < 4.78 is 0. The molecular weight excluding hydrogens is 296 g/mol. The third-order valence-electron chi connectivity index (χ3n) is 4.60. The van der Waals surface area contributed by atoms with E-state index >= 15 is 0 Å². The van der Waals surface area contributed by atoms with Gasteiger partial charge in [-0.3, -0.25) is 4.79 Å². The van der Waals surface area contributed by atoms with Gasteiger partial charge in [0.05, 0.1) is 5.92 Å². The predicted octanol–water partition coefficient (Wildman–Crippen LogP) is 4.50. The third kappa shape index (κ3) is 4.10. The summed E-state index contributed by atoms with van der Waals surface area (Å²) in [5.41, 5.74) is 5.90. The highest BCUT2D eigenvalue weighted by molar-refractivity contribution is 5.90. The van der Waals surface area contributed by atoms with Crippen LogP contribution in [0.3, 0.4) is 0 Å². The first kappa shape index (κ1) is 16.4. The van der Waals surface area contributed by atoms with E-state index in [4.69, 9.17) is 0 Å². The van der Waals surface area contributed by atoms with E-state index < -0.39 is 0 Å². The van der Waals surface area contributed by atoms with E-state index in [0.29, 0.717) is 5.92 Å². The van der Waals surface area contributed by atoms with Crippen molar-refractivity contribution >= 4 is 11.6 Å². The van der Waals surface area contributed by atoms with E-state index in [2.05, 4.69) is 17.5 Å². The van der Waals surface area contributed by atoms with Gasteiger partial charge in [-0.1, -0.05) is 67.6 Å². The van der Waals surface area contributed by atoms with Gasteiger partial charge in [0.15, 0.2) is 0 Å². The maximum Gasteiger partial charge on any atom is 0.252 e. The fraction of sp³-hybridized carbons (Fsp3) is 0.333. The molecule has 0 heterocycles. The van der Waals surface area contributed by atoms with E-state index in [1.165, 1.54) is 6.42 Å². The highest BCUT2D eigenvalue weighted by Crippen LogP contribution is 2.25. The van der Waals surface area contributed by atoms with E-state index in [1.54, 1.807) is 0 Å². The molecule has 1 atom stereocenters. The Morgan fingerprint density at radius 2 is 1.62 bits per heavy atom. The number of benzene rings is 2. The molecule has 2 aromatic carbocycles. The Balaban J connectivity index is 1.81. The first-order valence-corrected chi connectivity index (χ1v) is 8.69. The molecule has 1 aliphatic rings. The highest BCUT2D eigenvalue weighted by atomic mass is 16.2. The number of nitrogens with zero attached hydrogens (tertiary/aromatic N) is 1. The molecule has 3 rings (SSSR count). The Morgan fingerprint density at radius 1 is 1.04 bits per heavy atom. The van der Waals surface area contributed by atoms with Gasteiger partial charge in [0.1, 0.15) is 0 Å². The fourth-order valence-corrected chi connectivity index (χ4v) is 3.35. The van der Waals surface area contributed by atoms with Crippen LogP contribution in [-0.4, -0.2) is 11.6 Å². The van der Waals surface area contributed by atoms with Crippen molar-refractivity contribution in [3.63, 3.8) is 0 Å². The molecule has 1 N–H and O–H groups in total. The zero-order chi connectivity index (χ0) is 16.8. The molecule has 0 spiro atoms. The minimum atomic E-state index is -0.335. The smallest absolute Gasteiger partial charge is 0.252 e. The predicted molar refractivity (Wildman–Crippen MR) is 97.9 cm³/mol. The Bertz CT molecular complexity index is 655. The van der Waals surface area contributed by atoms with Crippen LogP contribution >= 0.6 is 0 Å². The SMILES string of the molecule is CC1CCC/C(=N/NC(=O)C(c2ccccc2)c2ccccc2)C1. The zero-order valence-electron chi connectivity index (χ0n) is 14.1. The number of carbonyl (C=O) groups excluding carboxylic acids is 1. The minimum Gasteiger partial charge on any atom is -0.272 e. The number of amides is 1. The van der Waals surface area contributed by atoms with Crippen molar-refractivity contribution in [2.75, 3.05) is 0 Å². The van der Waals surface area contributed by atoms with E-state index in [9.17, 15) is 4.79 Å². The molecule has 0 aromatic heterocycles. The average molecular weight is 320 g/mol. The Hall–Kier alpha value is -2.42. The number of hydrazone groups is 1. The van der Waals surface area contributed by atoms with Crippen molar-refractivity contribution in [3.8, 4) is 0 Å².